The van der Waals surface area contributed by atoms with Crippen LogP contribution in [0.1, 0.15) is 57.4 Å². The van der Waals surface area contributed by atoms with E-state index in [1.54, 1.807) is 36.4 Å². The Bertz CT molecular complexity index is 1170. The second-order valence-electron chi connectivity index (χ2n) is 9.70. The lowest BCUT2D eigenvalue weighted by Gasteiger charge is -2.32. The highest BCUT2D eigenvalue weighted by Gasteiger charge is 2.30. The average Bonchev–Trinajstić information content (AvgIpc) is 3.40. The number of hydrogen-bond acceptors (Lipinski definition) is 5. The van der Waals surface area contributed by atoms with E-state index in [0.717, 1.165) is 31.9 Å². The third-order valence-electron chi connectivity index (χ3n) is 6.87. The molecule has 0 aromatic heterocycles. The van der Waals surface area contributed by atoms with E-state index in [1.165, 1.54) is 28.4 Å². The molecule has 208 valence electrons. The number of nitrogens with one attached hydrogen (secondary N) is 1. The number of nitrogens with zero attached hydrogens (tertiary/aromatic N) is 2. The van der Waals surface area contributed by atoms with Gasteiger partial charge in [-0.2, -0.15) is 0 Å². The number of anilines is 1. The maximum atomic E-state index is 13.5. The van der Waals surface area contributed by atoms with Gasteiger partial charge < -0.3 is 15.0 Å². The molecule has 8 nitrogen and oxygen atoms in total. The molecule has 2 amide bonds. The van der Waals surface area contributed by atoms with Gasteiger partial charge in [0.15, 0.2) is 0 Å². The van der Waals surface area contributed by atoms with Crippen LogP contribution in [0.25, 0.3) is 0 Å². The molecule has 38 heavy (non-hydrogen) atoms. The Morgan fingerprint density at radius 3 is 2.26 bits per heavy atom. The Hall–Kier alpha value is -3.14. The number of carbonyl (C=O) groups is 2. The zero-order valence-corrected chi connectivity index (χ0v) is 23.2. The molecule has 1 aliphatic carbocycles. The van der Waals surface area contributed by atoms with Crippen LogP contribution in [0.5, 0.6) is 5.75 Å². The molecule has 1 aliphatic rings. The van der Waals surface area contributed by atoms with E-state index in [1.807, 2.05) is 6.92 Å². The highest BCUT2D eigenvalue weighted by Crippen LogP contribution is 2.23. The number of sulfonamides is 1. The molecule has 1 atom stereocenters. The van der Waals surface area contributed by atoms with Gasteiger partial charge in [0.25, 0.3) is 0 Å². The minimum Gasteiger partial charge on any atom is -0.497 e. The summed E-state index contributed by atoms with van der Waals surface area (Å²) in [4.78, 5) is 28.2. The van der Waals surface area contributed by atoms with Crippen LogP contribution >= 0.6 is 0 Å². The number of carbonyl (C=O) groups excluding carboxylic acids is 2. The Balaban J connectivity index is 1.74. The highest BCUT2D eigenvalue weighted by atomic mass is 32.2. The first-order valence-corrected chi connectivity index (χ1v) is 14.9. The summed E-state index contributed by atoms with van der Waals surface area (Å²) in [5, 5.41) is 3.09. The van der Waals surface area contributed by atoms with Crippen molar-refractivity contribution in [2.45, 2.75) is 70.5 Å². The van der Waals surface area contributed by atoms with E-state index in [9.17, 15) is 22.4 Å². The summed E-state index contributed by atoms with van der Waals surface area (Å²) >= 11 is 0. The molecule has 0 radical (unpaired) electrons. The lowest BCUT2D eigenvalue weighted by molar-refractivity contribution is -0.141. The SMILES string of the molecule is CC[C@H](C(=O)NC1CCCC1)N(Cc1ccc(F)cc1)C(=O)CCCN(c1ccc(OC)cc1)S(C)(=O)=O. The topological polar surface area (TPSA) is 96.0 Å². The predicted molar refractivity (Wildman–Crippen MR) is 146 cm³/mol. The molecular weight excluding hydrogens is 509 g/mol. The summed E-state index contributed by atoms with van der Waals surface area (Å²) in [6, 6.07) is 12.0. The quantitative estimate of drug-likeness (QED) is 0.405. The van der Waals surface area contributed by atoms with Crippen molar-refractivity contribution in [3.8, 4) is 5.75 Å². The summed E-state index contributed by atoms with van der Waals surface area (Å²) in [5.41, 5.74) is 1.19. The molecule has 1 fully saturated rings. The van der Waals surface area contributed by atoms with Gasteiger partial charge in [-0.1, -0.05) is 31.9 Å². The van der Waals surface area contributed by atoms with Crippen LogP contribution in [0.2, 0.25) is 0 Å². The highest BCUT2D eigenvalue weighted by molar-refractivity contribution is 7.92. The minimum atomic E-state index is -3.59. The van der Waals surface area contributed by atoms with Crippen molar-refractivity contribution in [2.24, 2.45) is 0 Å². The molecule has 0 spiro atoms. The smallest absolute Gasteiger partial charge is 0.243 e. The molecule has 0 saturated heterocycles. The lowest BCUT2D eigenvalue weighted by atomic mass is 10.1. The third-order valence-corrected chi connectivity index (χ3v) is 8.06. The number of amides is 2. The Morgan fingerprint density at radius 1 is 1.08 bits per heavy atom. The lowest BCUT2D eigenvalue weighted by Crippen LogP contribution is -2.51. The molecule has 1 N–H and O–H groups in total. The fraction of sp³-hybridized carbons (Fsp3) is 0.500. The fourth-order valence-corrected chi connectivity index (χ4v) is 5.79. The molecule has 0 unspecified atom stereocenters. The van der Waals surface area contributed by atoms with E-state index in [2.05, 4.69) is 5.32 Å². The molecule has 1 saturated carbocycles. The molecule has 0 aliphatic heterocycles. The van der Waals surface area contributed by atoms with Crippen molar-refractivity contribution < 1.29 is 27.1 Å². The van der Waals surface area contributed by atoms with Gasteiger partial charge in [-0.3, -0.25) is 13.9 Å². The monoisotopic (exact) mass is 547 g/mol. The zero-order chi connectivity index (χ0) is 27.7. The predicted octanol–water partition coefficient (Wildman–Crippen LogP) is 4.25. The van der Waals surface area contributed by atoms with Crippen molar-refractivity contribution in [1.82, 2.24) is 10.2 Å². The number of benzene rings is 2. The Morgan fingerprint density at radius 2 is 1.71 bits per heavy atom. The number of rotatable bonds is 13. The molecule has 0 heterocycles. The van der Waals surface area contributed by atoms with Gasteiger partial charge in [-0.25, -0.2) is 12.8 Å². The molecule has 2 aromatic carbocycles. The standard InChI is InChI=1S/C28H38FN3O5S/c1-4-26(28(34)30-23-8-5-6-9-23)31(20-21-11-13-22(29)14-12-21)27(33)10-7-19-32(38(3,35)36)24-15-17-25(37-2)18-16-24/h11-18,23,26H,4-10,19-20H2,1-3H3,(H,30,34)/t26-/m1/s1. The van der Waals surface area contributed by atoms with Crippen LogP contribution in [0, 0.1) is 5.82 Å². The van der Waals surface area contributed by atoms with Crippen LogP contribution < -0.4 is 14.4 Å². The van der Waals surface area contributed by atoms with E-state index < -0.39 is 16.1 Å². The molecule has 0 bridgehead atoms. The van der Waals surface area contributed by atoms with E-state index >= 15 is 0 Å². The first kappa shape index (κ1) is 29.4. The molecular formula is C28H38FN3O5S. The Labute approximate surface area is 225 Å². The van der Waals surface area contributed by atoms with Crippen LogP contribution in [0.15, 0.2) is 48.5 Å². The first-order valence-electron chi connectivity index (χ1n) is 13.1. The van der Waals surface area contributed by atoms with Crippen molar-refractivity contribution in [3.63, 3.8) is 0 Å². The molecule has 3 rings (SSSR count). The maximum absolute atomic E-state index is 13.5. The van der Waals surface area contributed by atoms with Crippen LogP contribution in [0.3, 0.4) is 0 Å². The first-order chi connectivity index (χ1) is 18.1. The van der Waals surface area contributed by atoms with E-state index in [0.29, 0.717) is 23.4 Å². The van der Waals surface area contributed by atoms with E-state index in [-0.39, 0.29) is 49.6 Å². The van der Waals surface area contributed by atoms with Crippen molar-refractivity contribution in [2.75, 3.05) is 24.2 Å². The van der Waals surface area contributed by atoms with Crippen LogP contribution in [-0.4, -0.2) is 57.1 Å². The van der Waals surface area contributed by atoms with Gasteiger partial charge in [-0.05, 0) is 67.6 Å². The summed E-state index contributed by atoms with van der Waals surface area (Å²) in [6.45, 7) is 2.12. The van der Waals surface area contributed by atoms with Crippen LogP contribution in [0.4, 0.5) is 10.1 Å². The maximum Gasteiger partial charge on any atom is 0.243 e. The fourth-order valence-electron chi connectivity index (χ4n) is 4.83. The Kier molecular flexibility index (Phi) is 10.5. The van der Waals surface area contributed by atoms with Gasteiger partial charge in [-0.15, -0.1) is 0 Å². The second-order valence-corrected chi connectivity index (χ2v) is 11.6. The normalized spacial score (nSPS) is 14.6. The summed E-state index contributed by atoms with van der Waals surface area (Å²) in [7, 11) is -2.06. The van der Waals surface area contributed by atoms with Crippen LogP contribution in [-0.2, 0) is 26.2 Å². The summed E-state index contributed by atoms with van der Waals surface area (Å²) in [5.74, 6) is -0.218. The second kappa shape index (κ2) is 13.6. The van der Waals surface area contributed by atoms with E-state index in [4.69, 9.17) is 4.74 Å². The summed E-state index contributed by atoms with van der Waals surface area (Å²) in [6.07, 6.45) is 5.87. The number of methoxy groups -OCH3 is 1. The molecule has 2 aromatic rings. The van der Waals surface area contributed by atoms with Crippen molar-refractivity contribution in [3.05, 3.63) is 59.9 Å². The van der Waals surface area contributed by atoms with Gasteiger partial charge in [0, 0.05) is 25.6 Å². The average molecular weight is 548 g/mol. The van der Waals surface area contributed by atoms with Gasteiger partial charge in [0.1, 0.15) is 17.6 Å². The minimum absolute atomic E-state index is 0.0522. The van der Waals surface area contributed by atoms with Gasteiger partial charge >= 0.3 is 0 Å². The number of ether oxygens (including phenoxy) is 1. The van der Waals surface area contributed by atoms with Gasteiger partial charge in [0.05, 0.1) is 19.1 Å². The van der Waals surface area contributed by atoms with Gasteiger partial charge in [0.2, 0.25) is 21.8 Å². The zero-order valence-electron chi connectivity index (χ0n) is 22.4. The van der Waals surface area contributed by atoms with Crippen molar-refractivity contribution in [1.29, 1.82) is 0 Å². The molecule has 10 heteroatoms. The summed E-state index contributed by atoms with van der Waals surface area (Å²) < 4.78 is 44.9. The largest absolute Gasteiger partial charge is 0.497 e. The van der Waals surface area contributed by atoms with Crippen molar-refractivity contribution >= 4 is 27.5 Å². The third kappa shape index (κ3) is 8.18. The number of hydrogen-bond donors (Lipinski definition) is 1. The number of halogens is 1.